The normalized spacial score (nSPS) is 20.8. The Balaban J connectivity index is 1.38. The zero-order valence-electron chi connectivity index (χ0n) is 24.7. The third-order valence-corrected chi connectivity index (χ3v) is 8.67. The van der Waals surface area contributed by atoms with Crippen molar-refractivity contribution in [2.45, 2.75) is 64.0 Å². The average molecular weight is 562 g/mol. The standard InChI is InChI=1S/C31H43N7O3/c1-5-6-9-22-20-38(24-10-7-8-11-24)28-26(37(3)30(22)40)19-32-31(35-28)34-25-13-12-21(18-27(25)41-4)29(39)33-23-14-16-36(2)17-15-23/h5-6,12-13,18-19,22-24H,7-11,14-17,20H2,1-4H3,(H,33,39)(H,32,34,35). The van der Waals surface area contributed by atoms with E-state index in [-0.39, 0.29) is 23.8 Å². The van der Waals surface area contributed by atoms with Crippen molar-refractivity contribution in [2.24, 2.45) is 5.92 Å². The summed E-state index contributed by atoms with van der Waals surface area (Å²) in [4.78, 5) is 42.2. The second-order valence-corrected chi connectivity index (χ2v) is 11.5. The van der Waals surface area contributed by atoms with Crippen LogP contribution in [0.3, 0.4) is 0 Å². The molecule has 1 aromatic carbocycles. The predicted octanol–water partition coefficient (Wildman–Crippen LogP) is 4.36. The Kier molecular flexibility index (Phi) is 9.07. The summed E-state index contributed by atoms with van der Waals surface area (Å²) in [5.74, 6) is 1.58. The van der Waals surface area contributed by atoms with Gasteiger partial charge in [0.15, 0.2) is 5.82 Å². The Bertz CT molecular complexity index is 1270. The van der Waals surface area contributed by atoms with Crippen LogP contribution in [0.2, 0.25) is 0 Å². The quantitative estimate of drug-likeness (QED) is 0.459. The molecule has 10 heteroatoms. The van der Waals surface area contributed by atoms with Crippen LogP contribution in [0.5, 0.6) is 5.75 Å². The second kappa shape index (κ2) is 12.9. The highest BCUT2D eigenvalue weighted by molar-refractivity contribution is 5.99. The minimum atomic E-state index is -0.143. The van der Waals surface area contributed by atoms with E-state index >= 15 is 0 Å². The van der Waals surface area contributed by atoms with Gasteiger partial charge in [-0.2, -0.15) is 4.98 Å². The molecule has 0 radical (unpaired) electrons. The number of hydrogen-bond acceptors (Lipinski definition) is 8. The minimum absolute atomic E-state index is 0.0879. The molecule has 1 saturated heterocycles. The van der Waals surface area contributed by atoms with Crippen molar-refractivity contribution < 1.29 is 14.3 Å². The number of allylic oxidation sites excluding steroid dienone is 2. The Morgan fingerprint density at radius 1 is 1.15 bits per heavy atom. The first kappa shape index (κ1) is 28.9. The number of carbonyl (C=O) groups excluding carboxylic acids is 2. The molecule has 1 unspecified atom stereocenters. The molecule has 1 aliphatic carbocycles. The Labute approximate surface area is 243 Å². The maximum Gasteiger partial charge on any atom is 0.251 e. The lowest BCUT2D eigenvalue weighted by Gasteiger charge is -2.31. The lowest BCUT2D eigenvalue weighted by atomic mass is 10.0. The van der Waals surface area contributed by atoms with Gasteiger partial charge in [0.2, 0.25) is 11.9 Å². The fraction of sp³-hybridized carbons (Fsp3) is 0.548. The summed E-state index contributed by atoms with van der Waals surface area (Å²) < 4.78 is 5.66. The van der Waals surface area contributed by atoms with Gasteiger partial charge in [0, 0.05) is 31.2 Å². The van der Waals surface area contributed by atoms with E-state index in [1.807, 2.05) is 26.1 Å². The lowest BCUT2D eigenvalue weighted by Crippen LogP contribution is -2.43. The van der Waals surface area contributed by atoms with Crippen LogP contribution < -0.4 is 25.2 Å². The van der Waals surface area contributed by atoms with Gasteiger partial charge in [0.1, 0.15) is 11.4 Å². The number of likely N-dealkylation sites (tertiary alicyclic amines) is 1. The molecule has 1 atom stereocenters. The van der Waals surface area contributed by atoms with Crippen LogP contribution in [0.4, 0.5) is 23.1 Å². The maximum atomic E-state index is 13.4. The molecule has 1 aromatic heterocycles. The van der Waals surface area contributed by atoms with Gasteiger partial charge in [-0.3, -0.25) is 9.59 Å². The summed E-state index contributed by atoms with van der Waals surface area (Å²) in [5, 5.41) is 6.47. The number of amides is 2. The van der Waals surface area contributed by atoms with E-state index in [4.69, 9.17) is 9.72 Å². The molecular weight excluding hydrogens is 518 g/mol. The molecule has 2 amide bonds. The number of fused-ring (bicyclic) bond motifs is 1. The van der Waals surface area contributed by atoms with E-state index in [9.17, 15) is 9.59 Å². The smallest absolute Gasteiger partial charge is 0.251 e. The van der Waals surface area contributed by atoms with Crippen LogP contribution in [0.15, 0.2) is 36.5 Å². The zero-order chi connectivity index (χ0) is 28.9. The van der Waals surface area contributed by atoms with Gasteiger partial charge in [0.25, 0.3) is 5.91 Å². The highest BCUT2D eigenvalue weighted by Gasteiger charge is 2.36. The maximum absolute atomic E-state index is 13.4. The fourth-order valence-electron chi connectivity index (χ4n) is 6.16. The van der Waals surface area contributed by atoms with Gasteiger partial charge < -0.3 is 30.1 Å². The van der Waals surface area contributed by atoms with Crippen molar-refractivity contribution in [1.29, 1.82) is 0 Å². The van der Waals surface area contributed by atoms with Gasteiger partial charge in [-0.25, -0.2) is 4.98 Å². The fourth-order valence-corrected chi connectivity index (χ4v) is 6.16. The number of nitrogens with zero attached hydrogens (tertiary/aromatic N) is 5. The van der Waals surface area contributed by atoms with Crippen molar-refractivity contribution in [3.05, 3.63) is 42.1 Å². The van der Waals surface area contributed by atoms with Gasteiger partial charge in [-0.1, -0.05) is 25.0 Å². The van der Waals surface area contributed by atoms with Crippen molar-refractivity contribution >= 4 is 35.0 Å². The van der Waals surface area contributed by atoms with Gasteiger partial charge in [-0.15, -0.1) is 0 Å². The molecule has 0 spiro atoms. The first-order chi connectivity index (χ1) is 19.9. The molecule has 10 nitrogen and oxygen atoms in total. The first-order valence-corrected chi connectivity index (χ1v) is 14.8. The molecule has 5 rings (SSSR count). The number of methoxy groups -OCH3 is 1. The second-order valence-electron chi connectivity index (χ2n) is 11.5. The van der Waals surface area contributed by atoms with Crippen molar-refractivity contribution in [1.82, 2.24) is 20.2 Å². The predicted molar refractivity (Wildman–Crippen MR) is 162 cm³/mol. The molecule has 41 heavy (non-hydrogen) atoms. The van der Waals surface area contributed by atoms with Crippen LogP contribution in [-0.4, -0.2) is 79.6 Å². The Morgan fingerprint density at radius 3 is 2.61 bits per heavy atom. The number of nitrogens with one attached hydrogen (secondary N) is 2. The molecule has 1 saturated carbocycles. The summed E-state index contributed by atoms with van der Waals surface area (Å²) in [6, 6.07) is 5.90. The van der Waals surface area contributed by atoms with Crippen molar-refractivity contribution in [3.8, 4) is 5.75 Å². The first-order valence-electron chi connectivity index (χ1n) is 14.8. The molecule has 220 valence electrons. The van der Waals surface area contributed by atoms with Gasteiger partial charge in [0.05, 0.1) is 24.9 Å². The number of benzene rings is 1. The zero-order valence-corrected chi connectivity index (χ0v) is 24.7. The number of rotatable bonds is 8. The van der Waals surface area contributed by atoms with E-state index in [0.29, 0.717) is 42.0 Å². The van der Waals surface area contributed by atoms with E-state index in [1.165, 1.54) is 12.8 Å². The molecule has 2 fully saturated rings. The van der Waals surface area contributed by atoms with E-state index in [1.54, 1.807) is 30.3 Å². The summed E-state index contributed by atoms with van der Waals surface area (Å²) in [6.45, 7) is 4.58. The SMILES string of the molecule is CC=CCC1CN(C2CCCC2)c2nc(Nc3ccc(C(=O)NC4CCN(C)CC4)cc3OC)ncc2N(C)C1=O. The number of anilines is 4. The summed E-state index contributed by atoms with van der Waals surface area (Å²) in [6.07, 6.45) is 13.0. The van der Waals surface area contributed by atoms with Gasteiger partial charge in [-0.05, 0) is 77.4 Å². The molecule has 3 aliphatic rings. The van der Waals surface area contributed by atoms with Crippen molar-refractivity contribution in [3.63, 3.8) is 0 Å². The van der Waals surface area contributed by atoms with E-state index in [2.05, 4.69) is 38.5 Å². The summed E-state index contributed by atoms with van der Waals surface area (Å²) in [7, 11) is 5.51. The highest BCUT2D eigenvalue weighted by atomic mass is 16.5. The van der Waals surface area contributed by atoms with Gasteiger partial charge >= 0.3 is 0 Å². The molecular formula is C31H43N7O3. The number of carbonyl (C=O) groups is 2. The summed E-state index contributed by atoms with van der Waals surface area (Å²) >= 11 is 0. The van der Waals surface area contributed by atoms with Crippen LogP contribution in [-0.2, 0) is 4.79 Å². The van der Waals surface area contributed by atoms with Crippen LogP contribution >= 0.6 is 0 Å². The topological polar surface area (TPSA) is 103 Å². The molecule has 2 aromatic rings. The average Bonchev–Trinajstić information content (AvgIpc) is 3.50. The number of hydrogen-bond donors (Lipinski definition) is 2. The number of ether oxygens (including phenoxy) is 1. The molecule has 0 bridgehead atoms. The lowest BCUT2D eigenvalue weighted by molar-refractivity contribution is -0.121. The van der Waals surface area contributed by atoms with Crippen LogP contribution in [0.25, 0.3) is 0 Å². The molecule has 2 aliphatic heterocycles. The van der Waals surface area contributed by atoms with Crippen LogP contribution in [0, 0.1) is 5.92 Å². The van der Waals surface area contributed by atoms with E-state index < -0.39 is 0 Å². The largest absolute Gasteiger partial charge is 0.495 e. The highest BCUT2D eigenvalue weighted by Crippen LogP contribution is 2.38. The molecule has 2 N–H and O–H groups in total. The Hall–Kier alpha value is -3.66. The number of piperidine rings is 1. The molecule has 3 heterocycles. The number of aromatic nitrogens is 2. The third kappa shape index (κ3) is 6.48. The van der Waals surface area contributed by atoms with E-state index in [0.717, 1.165) is 50.3 Å². The van der Waals surface area contributed by atoms with Crippen molar-refractivity contribution in [2.75, 3.05) is 56.0 Å². The third-order valence-electron chi connectivity index (χ3n) is 8.67. The monoisotopic (exact) mass is 561 g/mol. The van der Waals surface area contributed by atoms with Crippen LogP contribution in [0.1, 0.15) is 62.2 Å². The summed E-state index contributed by atoms with van der Waals surface area (Å²) in [5.41, 5.74) is 1.94. The minimum Gasteiger partial charge on any atom is -0.495 e. The Morgan fingerprint density at radius 2 is 1.90 bits per heavy atom.